The average Bonchev–Trinajstić information content (AvgIpc) is 2.20. The van der Waals surface area contributed by atoms with Gasteiger partial charge in [0.05, 0.1) is 5.56 Å². The van der Waals surface area contributed by atoms with Crippen molar-refractivity contribution in [2.75, 3.05) is 0 Å². The Morgan fingerprint density at radius 2 is 1.73 bits per heavy atom. The van der Waals surface area contributed by atoms with Crippen molar-refractivity contribution in [3.63, 3.8) is 0 Å². The van der Waals surface area contributed by atoms with Crippen LogP contribution in [0.25, 0.3) is 0 Å². The molecule has 0 heterocycles. The predicted molar refractivity (Wildman–Crippen MR) is 46.8 cm³/mol. The number of rotatable bonds is 3. The van der Waals surface area contributed by atoms with Crippen molar-refractivity contribution in [3.8, 4) is 0 Å². The van der Waals surface area contributed by atoms with E-state index in [0.717, 1.165) is 0 Å². The molecule has 0 amide bonds. The lowest BCUT2D eigenvalue weighted by Crippen LogP contribution is -2.53. The Hall–Kier alpha value is -1.10. The molecular weight excluding hydrogens is 210 g/mol. The van der Waals surface area contributed by atoms with E-state index in [0.29, 0.717) is 18.9 Å². The number of halogens is 4. The predicted octanol–water partition coefficient (Wildman–Crippen LogP) is 2.33. The summed E-state index contributed by atoms with van der Waals surface area (Å²) in [7, 11) is 0. The van der Waals surface area contributed by atoms with E-state index < -0.39 is 29.3 Å². The molecule has 5 heteroatoms. The van der Waals surface area contributed by atoms with E-state index in [-0.39, 0.29) is 5.56 Å². The fourth-order valence-corrected chi connectivity index (χ4v) is 1.39. The zero-order valence-corrected chi connectivity index (χ0v) is 8.29. The Labute approximate surface area is 84.9 Å². The minimum Gasteiger partial charge on any atom is -0.351 e. The normalized spacial score (nSPS) is 12.9. The Morgan fingerprint density at radius 3 is 2.27 bits per heavy atom. The van der Waals surface area contributed by atoms with Crippen LogP contribution < -0.4 is 5.73 Å². The van der Waals surface area contributed by atoms with Crippen molar-refractivity contribution >= 4 is 0 Å². The highest BCUT2D eigenvalue weighted by molar-refractivity contribution is 5.23. The van der Waals surface area contributed by atoms with Gasteiger partial charge in [-0.3, -0.25) is 0 Å². The quantitative estimate of drug-likeness (QED) is 0.462. The highest BCUT2D eigenvalue weighted by atomic mass is 19.2. The van der Waals surface area contributed by atoms with Crippen molar-refractivity contribution in [3.05, 3.63) is 34.9 Å². The summed E-state index contributed by atoms with van der Waals surface area (Å²) in [6.07, 6.45) is 1.19. The third-order valence-corrected chi connectivity index (χ3v) is 2.21. The molecule has 1 nitrogen and oxygen atoms in total. The highest BCUT2D eigenvalue weighted by Gasteiger charge is 2.23. The van der Waals surface area contributed by atoms with E-state index >= 15 is 0 Å². The second-order valence-electron chi connectivity index (χ2n) is 3.38. The van der Waals surface area contributed by atoms with Crippen LogP contribution in [0.1, 0.15) is 31.4 Å². The molecule has 1 aromatic rings. The van der Waals surface area contributed by atoms with Crippen molar-refractivity contribution in [1.29, 1.82) is 0 Å². The number of benzene rings is 1. The summed E-state index contributed by atoms with van der Waals surface area (Å²) in [6.45, 7) is 1.84. The van der Waals surface area contributed by atoms with Gasteiger partial charge in [0, 0.05) is 6.42 Å². The molecule has 0 radical (unpaired) electrons. The van der Waals surface area contributed by atoms with Crippen molar-refractivity contribution in [2.24, 2.45) is 0 Å². The van der Waals surface area contributed by atoms with Gasteiger partial charge in [0.2, 0.25) is 0 Å². The van der Waals surface area contributed by atoms with Gasteiger partial charge in [-0.05, 0) is 6.07 Å². The first-order chi connectivity index (χ1) is 6.99. The number of quaternary nitrogens is 1. The molecule has 0 fully saturated rings. The molecule has 1 rings (SSSR count). The minimum atomic E-state index is -1.78. The van der Waals surface area contributed by atoms with Crippen LogP contribution in [0.4, 0.5) is 17.6 Å². The second-order valence-corrected chi connectivity index (χ2v) is 3.38. The number of hydrogen-bond acceptors (Lipinski definition) is 0. The molecule has 0 saturated heterocycles. The highest BCUT2D eigenvalue weighted by Crippen LogP contribution is 2.23. The molecule has 1 unspecified atom stereocenters. The van der Waals surface area contributed by atoms with E-state index in [1.165, 1.54) is 0 Å². The van der Waals surface area contributed by atoms with Gasteiger partial charge in [0.15, 0.2) is 23.3 Å². The van der Waals surface area contributed by atoms with E-state index in [4.69, 9.17) is 0 Å². The fourth-order valence-electron chi connectivity index (χ4n) is 1.39. The second kappa shape index (κ2) is 4.61. The molecule has 3 N–H and O–H groups in total. The van der Waals surface area contributed by atoms with Gasteiger partial charge >= 0.3 is 0 Å². The molecule has 1 aromatic carbocycles. The molecule has 0 aliphatic carbocycles. The van der Waals surface area contributed by atoms with Crippen molar-refractivity contribution < 1.29 is 23.3 Å². The molecule has 0 aliphatic heterocycles. The standard InChI is InChI=1S/C10H11F4N/c1-2-3-7(15)5-4-6(11)9(13)10(14)8(5)12/h4,7H,2-3,15H2,1H3/p+1. The number of hydrogen-bond donors (Lipinski definition) is 1. The van der Waals surface area contributed by atoms with Crippen LogP contribution in [-0.4, -0.2) is 0 Å². The van der Waals surface area contributed by atoms with Crippen LogP contribution in [0.3, 0.4) is 0 Å². The van der Waals surface area contributed by atoms with Gasteiger partial charge in [-0.15, -0.1) is 0 Å². The summed E-state index contributed by atoms with van der Waals surface area (Å²) < 4.78 is 51.5. The molecule has 0 aliphatic rings. The monoisotopic (exact) mass is 222 g/mol. The maximum Gasteiger partial charge on any atom is 0.197 e. The van der Waals surface area contributed by atoms with Crippen molar-refractivity contribution in [1.82, 2.24) is 0 Å². The first kappa shape index (κ1) is 12.0. The molecular formula is C10H12F4N+. The molecule has 15 heavy (non-hydrogen) atoms. The van der Waals surface area contributed by atoms with E-state index in [1.807, 2.05) is 6.92 Å². The smallest absolute Gasteiger partial charge is 0.197 e. The third-order valence-electron chi connectivity index (χ3n) is 2.21. The van der Waals surface area contributed by atoms with Crippen LogP contribution in [0.2, 0.25) is 0 Å². The van der Waals surface area contributed by atoms with Crippen LogP contribution in [0, 0.1) is 23.3 Å². The molecule has 0 spiro atoms. The lowest BCUT2D eigenvalue weighted by Gasteiger charge is -2.09. The summed E-state index contributed by atoms with van der Waals surface area (Å²) in [5.41, 5.74) is 3.36. The van der Waals surface area contributed by atoms with Gasteiger partial charge in [0.1, 0.15) is 6.04 Å². The van der Waals surface area contributed by atoms with Gasteiger partial charge in [0.25, 0.3) is 0 Å². The summed E-state index contributed by atoms with van der Waals surface area (Å²) in [6, 6.07) is 0.0979. The molecule has 84 valence electrons. The van der Waals surface area contributed by atoms with Crippen LogP contribution in [0.5, 0.6) is 0 Å². The van der Waals surface area contributed by atoms with Crippen LogP contribution >= 0.6 is 0 Å². The van der Waals surface area contributed by atoms with Gasteiger partial charge < -0.3 is 5.73 Å². The SMILES string of the molecule is CCCC([NH3+])c1cc(F)c(F)c(F)c1F. The van der Waals surface area contributed by atoms with Gasteiger partial charge in [-0.1, -0.05) is 13.3 Å². The maximum absolute atomic E-state index is 13.2. The fraction of sp³-hybridized carbons (Fsp3) is 0.400. The Kier molecular flexibility index (Phi) is 3.68. The summed E-state index contributed by atoms with van der Waals surface area (Å²) >= 11 is 0. The molecule has 0 bridgehead atoms. The Balaban J connectivity index is 3.19. The lowest BCUT2D eigenvalue weighted by atomic mass is 10.0. The minimum absolute atomic E-state index is 0.215. The summed E-state index contributed by atoms with van der Waals surface area (Å²) in [5, 5.41) is 0. The lowest BCUT2D eigenvalue weighted by molar-refractivity contribution is -0.428. The van der Waals surface area contributed by atoms with E-state index in [9.17, 15) is 17.6 Å². The van der Waals surface area contributed by atoms with Gasteiger partial charge in [-0.25, -0.2) is 17.6 Å². The van der Waals surface area contributed by atoms with Crippen LogP contribution in [0.15, 0.2) is 6.07 Å². The maximum atomic E-state index is 13.2. The van der Waals surface area contributed by atoms with Gasteiger partial charge in [-0.2, -0.15) is 0 Å². The Morgan fingerprint density at radius 1 is 1.13 bits per heavy atom. The Bertz CT molecular complexity index is 365. The molecule has 0 saturated carbocycles. The third kappa shape index (κ3) is 2.28. The van der Waals surface area contributed by atoms with E-state index in [1.54, 1.807) is 0 Å². The first-order valence-electron chi connectivity index (χ1n) is 4.65. The van der Waals surface area contributed by atoms with E-state index in [2.05, 4.69) is 5.73 Å². The summed E-state index contributed by atoms with van der Waals surface area (Å²) in [4.78, 5) is 0. The average molecular weight is 222 g/mol. The zero-order valence-electron chi connectivity index (χ0n) is 8.29. The molecule has 0 aromatic heterocycles. The molecule has 1 atom stereocenters. The van der Waals surface area contributed by atoms with Crippen molar-refractivity contribution in [2.45, 2.75) is 25.8 Å². The first-order valence-corrected chi connectivity index (χ1v) is 4.65. The largest absolute Gasteiger partial charge is 0.351 e. The topological polar surface area (TPSA) is 27.6 Å². The summed E-state index contributed by atoms with van der Waals surface area (Å²) in [5.74, 6) is -6.27. The zero-order chi connectivity index (χ0) is 11.6. The van der Waals surface area contributed by atoms with Crippen LogP contribution in [-0.2, 0) is 0 Å².